The third kappa shape index (κ3) is 3.03. The van der Waals surface area contributed by atoms with Crippen molar-refractivity contribution in [2.24, 2.45) is 5.73 Å². The molecule has 0 aromatic heterocycles. The first-order valence-electron chi connectivity index (χ1n) is 5.90. The van der Waals surface area contributed by atoms with Gasteiger partial charge in [0.2, 0.25) is 0 Å². The zero-order chi connectivity index (χ0) is 13.8. The summed E-state index contributed by atoms with van der Waals surface area (Å²) in [5.74, 6) is -1.93. The van der Waals surface area contributed by atoms with Crippen LogP contribution in [-0.2, 0) is 6.42 Å². The predicted molar refractivity (Wildman–Crippen MR) is 69.0 cm³/mol. The molecule has 4 heteroatoms. The summed E-state index contributed by atoms with van der Waals surface area (Å²) in [4.78, 5) is 12.3. The Morgan fingerprint density at radius 3 is 2.32 bits per heavy atom. The molecule has 0 saturated heterocycles. The van der Waals surface area contributed by atoms with Crippen molar-refractivity contribution < 1.29 is 13.6 Å². The summed E-state index contributed by atoms with van der Waals surface area (Å²) in [7, 11) is 0. The normalized spacial score (nSPS) is 10.5. The number of nitrogens with two attached hydrogens (primary N) is 1. The maximum Gasteiger partial charge on any atom is 0.193 e. The van der Waals surface area contributed by atoms with Crippen molar-refractivity contribution in [3.05, 3.63) is 70.8 Å². The quantitative estimate of drug-likeness (QED) is 0.860. The molecule has 0 fully saturated rings. The molecule has 2 rings (SSSR count). The van der Waals surface area contributed by atoms with E-state index in [2.05, 4.69) is 0 Å². The molecule has 0 bridgehead atoms. The van der Waals surface area contributed by atoms with Crippen LogP contribution in [0.3, 0.4) is 0 Å². The zero-order valence-electron chi connectivity index (χ0n) is 10.2. The minimum atomic E-state index is -0.764. The molecule has 0 amide bonds. The van der Waals surface area contributed by atoms with Crippen LogP contribution < -0.4 is 5.73 Å². The van der Waals surface area contributed by atoms with Gasteiger partial charge in [-0.3, -0.25) is 4.79 Å². The van der Waals surface area contributed by atoms with E-state index in [9.17, 15) is 13.6 Å². The maximum atomic E-state index is 13.1. The second kappa shape index (κ2) is 5.71. The molecule has 0 aliphatic heterocycles. The van der Waals surface area contributed by atoms with Crippen molar-refractivity contribution in [3.63, 3.8) is 0 Å². The second-order valence-corrected chi connectivity index (χ2v) is 4.18. The third-order valence-corrected chi connectivity index (χ3v) is 2.80. The van der Waals surface area contributed by atoms with Gasteiger partial charge in [-0.25, -0.2) is 8.78 Å². The summed E-state index contributed by atoms with van der Waals surface area (Å²) in [5.41, 5.74) is 6.69. The molecule has 0 aliphatic carbocycles. The maximum absolute atomic E-state index is 13.1. The van der Waals surface area contributed by atoms with Crippen LogP contribution in [0, 0.1) is 11.6 Å². The Morgan fingerprint density at radius 1 is 1.05 bits per heavy atom. The first-order chi connectivity index (χ1) is 9.11. The van der Waals surface area contributed by atoms with Gasteiger partial charge in [-0.05, 0) is 30.7 Å². The Morgan fingerprint density at radius 2 is 1.68 bits per heavy atom. The lowest BCUT2D eigenvalue weighted by Gasteiger charge is -2.08. The van der Waals surface area contributed by atoms with Gasteiger partial charge in [0, 0.05) is 17.2 Å². The van der Waals surface area contributed by atoms with Gasteiger partial charge in [-0.1, -0.05) is 24.3 Å². The number of rotatable bonds is 4. The standard InChI is InChI=1S/C15H13F2NO/c16-12-7-11(8-13(17)9-12)15(19)14-4-2-1-3-10(14)5-6-18/h1-4,7-9H,5-6,18H2. The number of hydrogen-bond donors (Lipinski definition) is 1. The lowest BCUT2D eigenvalue weighted by atomic mass is 9.96. The molecule has 2 nitrogen and oxygen atoms in total. The van der Waals surface area contributed by atoms with Gasteiger partial charge in [0.15, 0.2) is 5.78 Å². The summed E-state index contributed by atoms with van der Waals surface area (Å²) >= 11 is 0. The summed E-state index contributed by atoms with van der Waals surface area (Å²) in [6.45, 7) is 0.405. The molecule has 2 N–H and O–H groups in total. The molecule has 2 aromatic carbocycles. The van der Waals surface area contributed by atoms with Crippen LogP contribution >= 0.6 is 0 Å². The van der Waals surface area contributed by atoms with Gasteiger partial charge < -0.3 is 5.73 Å². The number of ketones is 1. The van der Waals surface area contributed by atoms with Crippen LogP contribution in [-0.4, -0.2) is 12.3 Å². The fourth-order valence-electron chi connectivity index (χ4n) is 1.96. The molecule has 19 heavy (non-hydrogen) atoms. The minimum absolute atomic E-state index is 0.00183. The Kier molecular flexibility index (Phi) is 4.02. The predicted octanol–water partition coefficient (Wildman–Crippen LogP) is 2.70. The number of halogens is 2. The Hall–Kier alpha value is -2.07. The van der Waals surface area contributed by atoms with E-state index in [1.807, 2.05) is 0 Å². The number of carbonyl (C=O) groups excluding carboxylic acids is 1. The second-order valence-electron chi connectivity index (χ2n) is 4.18. The third-order valence-electron chi connectivity index (χ3n) is 2.80. The molecule has 0 aliphatic rings. The fourth-order valence-corrected chi connectivity index (χ4v) is 1.96. The van der Waals surface area contributed by atoms with Crippen LogP contribution in [0.25, 0.3) is 0 Å². The van der Waals surface area contributed by atoms with Crippen LogP contribution in [0.1, 0.15) is 21.5 Å². The average Bonchev–Trinajstić information content (AvgIpc) is 2.38. The zero-order valence-corrected chi connectivity index (χ0v) is 10.2. The first kappa shape index (κ1) is 13.4. The number of benzene rings is 2. The Labute approximate surface area is 109 Å². The van der Waals surface area contributed by atoms with Gasteiger partial charge in [-0.15, -0.1) is 0 Å². The fraction of sp³-hybridized carbons (Fsp3) is 0.133. The van der Waals surface area contributed by atoms with Gasteiger partial charge in [0.05, 0.1) is 0 Å². The van der Waals surface area contributed by atoms with E-state index >= 15 is 0 Å². The molecule has 98 valence electrons. The highest BCUT2D eigenvalue weighted by Crippen LogP contribution is 2.17. The SMILES string of the molecule is NCCc1ccccc1C(=O)c1cc(F)cc(F)c1. The summed E-state index contributed by atoms with van der Waals surface area (Å²) in [6, 6.07) is 9.74. The molecule has 0 unspecified atom stereocenters. The van der Waals surface area contributed by atoms with Crippen molar-refractivity contribution in [2.75, 3.05) is 6.54 Å². The molecule has 0 radical (unpaired) electrons. The minimum Gasteiger partial charge on any atom is -0.330 e. The van der Waals surface area contributed by atoms with Crippen LogP contribution in [0.15, 0.2) is 42.5 Å². The highest BCUT2D eigenvalue weighted by Gasteiger charge is 2.14. The average molecular weight is 261 g/mol. The summed E-state index contributed by atoms with van der Waals surface area (Å²) in [6.07, 6.45) is 0.541. The lowest BCUT2D eigenvalue weighted by Crippen LogP contribution is -2.10. The smallest absolute Gasteiger partial charge is 0.193 e. The highest BCUT2D eigenvalue weighted by molar-refractivity contribution is 6.09. The Balaban J connectivity index is 2.44. The molecule has 0 spiro atoms. The molecular formula is C15H13F2NO. The van der Waals surface area contributed by atoms with E-state index in [-0.39, 0.29) is 5.56 Å². The van der Waals surface area contributed by atoms with Crippen molar-refractivity contribution in [1.82, 2.24) is 0 Å². The van der Waals surface area contributed by atoms with E-state index in [1.54, 1.807) is 24.3 Å². The van der Waals surface area contributed by atoms with Gasteiger partial charge >= 0.3 is 0 Å². The van der Waals surface area contributed by atoms with E-state index in [1.165, 1.54) is 0 Å². The van der Waals surface area contributed by atoms with E-state index in [0.717, 1.165) is 23.8 Å². The summed E-state index contributed by atoms with van der Waals surface area (Å²) in [5, 5.41) is 0. The summed E-state index contributed by atoms with van der Waals surface area (Å²) < 4.78 is 26.3. The molecule has 0 saturated carbocycles. The lowest BCUT2D eigenvalue weighted by molar-refractivity contribution is 0.103. The largest absolute Gasteiger partial charge is 0.330 e. The van der Waals surface area contributed by atoms with E-state index in [0.29, 0.717) is 18.5 Å². The number of hydrogen-bond acceptors (Lipinski definition) is 2. The van der Waals surface area contributed by atoms with Crippen LogP contribution in [0.4, 0.5) is 8.78 Å². The Bertz CT molecular complexity index is 591. The first-order valence-corrected chi connectivity index (χ1v) is 5.90. The molecule has 0 heterocycles. The van der Waals surface area contributed by atoms with Crippen molar-refractivity contribution in [1.29, 1.82) is 0 Å². The van der Waals surface area contributed by atoms with Gasteiger partial charge in [0.25, 0.3) is 0 Å². The highest BCUT2D eigenvalue weighted by atomic mass is 19.1. The van der Waals surface area contributed by atoms with Crippen molar-refractivity contribution in [2.45, 2.75) is 6.42 Å². The van der Waals surface area contributed by atoms with Crippen LogP contribution in [0.5, 0.6) is 0 Å². The molecule has 2 aromatic rings. The molecular weight excluding hydrogens is 248 g/mol. The molecule has 0 atom stereocenters. The van der Waals surface area contributed by atoms with Crippen molar-refractivity contribution in [3.8, 4) is 0 Å². The monoisotopic (exact) mass is 261 g/mol. The van der Waals surface area contributed by atoms with Crippen LogP contribution in [0.2, 0.25) is 0 Å². The van der Waals surface area contributed by atoms with Gasteiger partial charge in [-0.2, -0.15) is 0 Å². The topological polar surface area (TPSA) is 43.1 Å². The van der Waals surface area contributed by atoms with E-state index in [4.69, 9.17) is 5.73 Å². The van der Waals surface area contributed by atoms with Gasteiger partial charge in [0.1, 0.15) is 11.6 Å². The van der Waals surface area contributed by atoms with Crippen molar-refractivity contribution >= 4 is 5.78 Å². The number of carbonyl (C=O) groups is 1. The van der Waals surface area contributed by atoms with E-state index < -0.39 is 17.4 Å².